The van der Waals surface area contributed by atoms with Gasteiger partial charge in [-0.2, -0.15) is 0 Å². The summed E-state index contributed by atoms with van der Waals surface area (Å²) in [5, 5.41) is 14.9. The third-order valence-electron chi connectivity index (χ3n) is 5.08. The van der Waals surface area contributed by atoms with Crippen LogP contribution in [0.25, 0.3) is 0 Å². The maximum atomic E-state index is 12.2. The summed E-state index contributed by atoms with van der Waals surface area (Å²) in [5.41, 5.74) is 0. The number of nitrogens with zero attached hydrogens (tertiary/aromatic N) is 3. The second kappa shape index (κ2) is 10.2. The van der Waals surface area contributed by atoms with E-state index >= 15 is 0 Å². The molecule has 0 saturated carbocycles. The van der Waals surface area contributed by atoms with Crippen LogP contribution in [0, 0.1) is 11.8 Å². The molecule has 3 rings (SSSR count). The number of carbonyl (C=O) groups is 1. The van der Waals surface area contributed by atoms with Crippen LogP contribution in [0.15, 0.2) is 0 Å². The van der Waals surface area contributed by atoms with Crippen molar-refractivity contribution in [1.29, 1.82) is 0 Å². The van der Waals surface area contributed by atoms with Gasteiger partial charge in [-0.3, -0.25) is 4.79 Å². The Bertz CT molecular complexity index is 517. The lowest BCUT2D eigenvalue weighted by Crippen LogP contribution is -2.33. The maximum absolute atomic E-state index is 12.2. The lowest BCUT2D eigenvalue weighted by molar-refractivity contribution is -0.122. The van der Waals surface area contributed by atoms with Gasteiger partial charge in [0, 0.05) is 19.4 Å². The number of amides is 1. The molecule has 1 aromatic heterocycles. The number of fused-ring (bicyclic) bond motifs is 1. The van der Waals surface area contributed by atoms with Gasteiger partial charge in [0.25, 0.3) is 0 Å². The Balaban J connectivity index is 0.00000144. The van der Waals surface area contributed by atoms with Crippen molar-refractivity contribution in [3.63, 3.8) is 0 Å². The lowest BCUT2D eigenvalue weighted by atomic mass is 9.84. The minimum Gasteiger partial charge on any atom is -0.349 e. The molecule has 0 aliphatic carbocycles. The Kier molecular flexibility index (Phi) is 9.02. The van der Waals surface area contributed by atoms with Crippen molar-refractivity contribution in [2.75, 3.05) is 13.1 Å². The van der Waals surface area contributed by atoms with Gasteiger partial charge in [0.2, 0.25) is 5.91 Å². The molecule has 24 heavy (non-hydrogen) atoms. The van der Waals surface area contributed by atoms with E-state index in [1.54, 1.807) is 0 Å². The molecular weight excluding hydrogens is 349 g/mol. The van der Waals surface area contributed by atoms with Crippen molar-refractivity contribution in [2.24, 2.45) is 11.8 Å². The minimum atomic E-state index is 0. The van der Waals surface area contributed by atoms with E-state index in [1.165, 1.54) is 25.7 Å². The van der Waals surface area contributed by atoms with E-state index in [0.29, 0.717) is 24.8 Å². The van der Waals surface area contributed by atoms with E-state index in [-0.39, 0.29) is 30.7 Å². The van der Waals surface area contributed by atoms with Crippen molar-refractivity contribution in [3.05, 3.63) is 11.6 Å². The predicted molar refractivity (Wildman–Crippen MR) is 98.7 cm³/mol. The zero-order chi connectivity index (χ0) is 15.4. The first-order chi connectivity index (χ1) is 10.7. The second-order valence-electron chi connectivity index (χ2n) is 6.69. The highest BCUT2D eigenvalue weighted by Gasteiger charge is 2.22. The van der Waals surface area contributed by atoms with E-state index < -0.39 is 0 Å². The summed E-state index contributed by atoms with van der Waals surface area (Å²) in [5.74, 6) is 3.23. The van der Waals surface area contributed by atoms with Gasteiger partial charge >= 0.3 is 0 Å². The average Bonchev–Trinajstić information content (AvgIpc) is 2.97. The van der Waals surface area contributed by atoms with Crippen molar-refractivity contribution in [3.8, 4) is 0 Å². The van der Waals surface area contributed by atoms with Gasteiger partial charge in [-0.1, -0.05) is 6.92 Å². The van der Waals surface area contributed by atoms with E-state index in [1.807, 2.05) is 0 Å². The fraction of sp³-hybridized carbons (Fsp3) is 0.812. The standard InChI is InChI=1S/C16H27N5O.2ClH/c1-12(13-5-7-17-8-6-13)10-16(22)18-11-15-20-19-14-4-2-3-9-21(14)15;;/h12-13,17H,2-11H2,1H3,(H,18,22);2*1H. The molecule has 2 aliphatic rings. The Morgan fingerprint density at radius 1 is 1.29 bits per heavy atom. The highest BCUT2D eigenvalue weighted by atomic mass is 35.5. The SMILES string of the molecule is CC(CC(=O)NCc1nnc2n1CCCC2)C1CCNCC1.Cl.Cl. The first kappa shape index (κ1) is 21.2. The fourth-order valence-corrected chi connectivity index (χ4v) is 3.62. The van der Waals surface area contributed by atoms with Gasteiger partial charge in [-0.15, -0.1) is 35.0 Å². The van der Waals surface area contributed by atoms with Crippen LogP contribution in [-0.4, -0.2) is 33.8 Å². The summed E-state index contributed by atoms with van der Waals surface area (Å²) in [6, 6.07) is 0. The van der Waals surface area contributed by atoms with Gasteiger partial charge in [0.15, 0.2) is 5.82 Å². The molecule has 1 fully saturated rings. The zero-order valence-electron chi connectivity index (χ0n) is 14.3. The van der Waals surface area contributed by atoms with Crippen molar-refractivity contribution >= 4 is 30.7 Å². The highest BCUT2D eigenvalue weighted by Crippen LogP contribution is 2.24. The van der Waals surface area contributed by atoms with Crippen LogP contribution in [-0.2, 0) is 24.3 Å². The molecule has 0 bridgehead atoms. The van der Waals surface area contributed by atoms with Gasteiger partial charge < -0.3 is 15.2 Å². The number of hydrogen-bond acceptors (Lipinski definition) is 4. The monoisotopic (exact) mass is 377 g/mol. The molecule has 0 aromatic carbocycles. The molecule has 2 N–H and O–H groups in total. The van der Waals surface area contributed by atoms with Crippen LogP contribution in [0.1, 0.15) is 50.7 Å². The molecule has 138 valence electrons. The number of aryl methyl sites for hydroxylation is 1. The summed E-state index contributed by atoms with van der Waals surface area (Å²) in [4.78, 5) is 12.2. The number of nitrogens with one attached hydrogen (secondary N) is 2. The molecule has 6 nitrogen and oxygen atoms in total. The third-order valence-corrected chi connectivity index (χ3v) is 5.08. The van der Waals surface area contributed by atoms with Gasteiger partial charge in [0.05, 0.1) is 6.54 Å². The first-order valence-corrected chi connectivity index (χ1v) is 8.62. The van der Waals surface area contributed by atoms with Crippen LogP contribution in [0.4, 0.5) is 0 Å². The quantitative estimate of drug-likeness (QED) is 0.823. The molecule has 8 heteroatoms. The summed E-state index contributed by atoms with van der Waals surface area (Å²) in [7, 11) is 0. The topological polar surface area (TPSA) is 71.8 Å². The van der Waals surface area contributed by atoms with E-state index in [9.17, 15) is 4.79 Å². The number of halogens is 2. The maximum Gasteiger partial charge on any atom is 0.220 e. The number of aromatic nitrogens is 3. The van der Waals surface area contributed by atoms with Crippen LogP contribution >= 0.6 is 24.8 Å². The average molecular weight is 378 g/mol. The summed E-state index contributed by atoms with van der Waals surface area (Å²) >= 11 is 0. The summed E-state index contributed by atoms with van der Waals surface area (Å²) in [6.45, 7) is 5.86. The van der Waals surface area contributed by atoms with Crippen molar-refractivity contribution in [2.45, 2.75) is 58.5 Å². The van der Waals surface area contributed by atoms with Gasteiger partial charge in [-0.05, 0) is 50.6 Å². The van der Waals surface area contributed by atoms with Crippen molar-refractivity contribution < 1.29 is 4.79 Å². The normalized spacial score (nSPS) is 18.7. The molecule has 1 aromatic rings. The molecule has 1 saturated heterocycles. The molecule has 3 heterocycles. The fourth-order valence-electron chi connectivity index (χ4n) is 3.62. The first-order valence-electron chi connectivity index (χ1n) is 8.62. The number of rotatable bonds is 5. The molecule has 0 radical (unpaired) electrons. The Morgan fingerprint density at radius 2 is 2.04 bits per heavy atom. The minimum absolute atomic E-state index is 0. The Hall–Kier alpha value is -0.850. The second-order valence-corrected chi connectivity index (χ2v) is 6.69. The van der Waals surface area contributed by atoms with Crippen LogP contribution < -0.4 is 10.6 Å². The smallest absolute Gasteiger partial charge is 0.220 e. The van der Waals surface area contributed by atoms with Gasteiger partial charge in [-0.25, -0.2) is 0 Å². The van der Waals surface area contributed by atoms with E-state index in [2.05, 4.69) is 32.3 Å². The Morgan fingerprint density at radius 3 is 2.79 bits per heavy atom. The Labute approximate surface area is 156 Å². The number of carbonyl (C=O) groups excluding carboxylic acids is 1. The predicted octanol–water partition coefficient (Wildman–Crippen LogP) is 2.10. The van der Waals surface area contributed by atoms with Gasteiger partial charge in [0.1, 0.15) is 5.82 Å². The van der Waals surface area contributed by atoms with E-state index in [4.69, 9.17) is 0 Å². The highest BCUT2D eigenvalue weighted by molar-refractivity contribution is 5.85. The molecule has 1 unspecified atom stereocenters. The van der Waals surface area contributed by atoms with Crippen molar-refractivity contribution in [1.82, 2.24) is 25.4 Å². The third kappa shape index (κ3) is 5.33. The lowest BCUT2D eigenvalue weighted by Gasteiger charge is -2.27. The number of piperidine rings is 1. The van der Waals surface area contributed by atoms with E-state index in [0.717, 1.165) is 37.7 Å². The molecule has 1 atom stereocenters. The summed E-state index contributed by atoms with van der Waals surface area (Å²) < 4.78 is 2.17. The van der Waals surface area contributed by atoms with Crippen LogP contribution in [0.5, 0.6) is 0 Å². The zero-order valence-corrected chi connectivity index (χ0v) is 15.9. The molecule has 1 amide bonds. The molecule has 2 aliphatic heterocycles. The summed E-state index contributed by atoms with van der Waals surface area (Å²) in [6.07, 6.45) is 6.37. The molecular formula is C16H29Cl2N5O. The molecule has 0 spiro atoms. The number of hydrogen-bond donors (Lipinski definition) is 2. The van der Waals surface area contributed by atoms with Crippen LogP contribution in [0.3, 0.4) is 0 Å². The largest absolute Gasteiger partial charge is 0.349 e. The van der Waals surface area contributed by atoms with Crippen LogP contribution in [0.2, 0.25) is 0 Å².